The first-order valence-corrected chi connectivity index (χ1v) is 0.928. The maximum absolute atomic E-state index is 9.00. The van der Waals surface area contributed by atoms with Gasteiger partial charge >= 0.3 is 48.9 Å². The van der Waals surface area contributed by atoms with Gasteiger partial charge in [0.1, 0.15) is 0 Å². The van der Waals surface area contributed by atoms with Gasteiger partial charge in [-0.05, 0) is 0 Å². The molecule has 1 N–H and O–H groups in total. The van der Waals surface area contributed by atoms with Crippen LogP contribution in [0.2, 0.25) is 0 Å². The molecule has 0 bridgehead atoms. The van der Waals surface area contributed by atoms with E-state index in [0.717, 1.165) is 6.92 Å². The summed E-state index contributed by atoms with van der Waals surface area (Å²) in [6.07, 6.45) is 0. The molecule has 4 heteroatoms. The molecule has 38 valence electrons. The predicted molar refractivity (Wildman–Crippen MR) is 21.9 cm³/mol. The topological polar surface area (TPSA) is 37.3 Å². The smallest absolute Gasteiger partial charge is 0 e. The molecule has 0 aromatic carbocycles. The SMILES string of the molecule is CC(=O)O.[BaH2].[Pd]. The molecule has 0 rings (SSSR count). The predicted octanol–water partition coefficient (Wildman–Crippen LogP) is -0.828. The van der Waals surface area contributed by atoms with Gasteiger partial charge in [-0.2, -0.15) is 0 Å². The molecule has 0 amide bonds. The van der Waals surface area contributed by atoms with Crippen molar-refractivity contribution in [2.45, 2.75) is 6.92 Å². The van der Waals surface area contributed by atoms with Gasteiger partial charge in [0.15, 0.2) is 0 Å². The van der Waals surface area contributed by atoms with E-state index in [4.69, 9.17) is 9.90 Å². The summed E-state index contributed by atoms with van der Waals surface area (Å²) in [5.41, 5.74) is 0. The third-order valence-electron chi connectivity index (χ3n) is 0. The summed E-state index contributed by atoms with van der Waals surface area (Å²) < 4.78 is 0. The zero-order valence-corrected chi connectivity index (χ0v) is 4.23. The van der Waals surface area contributed by atoms with E-state index < -0.39 is 5.97 Å². The molecule has 0 aliphatic heterocycles. The van der Waals surface area contributed by atoms with Gasteiger partial charge in [0.25, 0.3) is 5.97 Å². The second-order valence-corrected chi connectivity index (χ2v) is 0.519. The fraction of sp³-hybridized carbons (Fsp3) is 0.500. The number of carboxylic acid groups (broad SMARTS) is 1. The van der Waals surface area contributed by atoms with Crippen LogP contribution in [0, 0.1) is 0 Å². The van der Waals surface area contributed by atoms with Crippen LogP contribution in [0.4, 0.5) is 0 Å². The maximum atomic E-state index is 9.00. The number of carbonyl (C=O) groups is 1. The first-order chi connectivity index (χ1) is 1.73. The van der Waals surface area contributed by atoms with Crippen molar-refractivity contribution in [2.75, 3.05) is 0 Å². The first kappa shape index (κ1) is 15.6. The van der Waals surface area contributed by atoms with E-state index in [0.29, 0.717) is 0 Å². The molecular formula is C2H6BaO2Pd. The molecule has 0 heterocycles. The van der Waals surface area contributed by atoms with Crippen LogP contribution in [0.25, 0.3) is 0 Å². The van der Waals surface area contributed by atoms with Gasteiger partial charge < -0.3 is 5.11 Å². The average molecular weight is 306 g/mol. The molecular weight excluding hydrogens is 300 g/mol. The number of hydrogen-bond donors (Lipinski definition) is 1. The summed E-state index contributed by atoms with van der Waals surface area (Å²) in [5, 5.41) is 7.42. The monoisotopic (exact) mass is 306 g/mol. The molecule has 0 fully saturated rings. The van der Waals surface area contributed by atoms with Crippen LogP contribution in [0.15, 0.2) is 0 Å². The Bertz CT molecular complexity index is 34.5. The number of carboxylic acids is 1. The van der Waals surface area contributed by atoms with Crippen LogP contribution in [-0.4, -0.2) is 60.0 Å². The minimum absolute atomic E-state index is 0. The van der Waals surface area contributed by atoms with Crippen molar-refractivity contribution < 1.29 is 30.3 Å². The van der Waals surface area contributed by atoms with Gasteiger partial charge in [-0.25, -0.2) is 0 Å². The Morgan fingerprint density at radius 1 is 1.67 bits per heavy atom. The second-order valence-electron chi connectivity index (χ2n) is 0.519. The molecule has 0 saturated carbocycles. The van der Waals surface area contributed by atoms with Gasteiger partial charge in [-0.1, -0.05) is 0 Å². The molecule has 0 radical (unpaired) electrons. The minimum atomic E-state index is -0.833. The normalized spacial score (nSPS) is 4.17. The van der Waals surface area contributed by atoms with Crippen LogP contribution in [0.3, 0.4) is 0 Å². The summed E-state index contributed by atoms with van der Waals surface area (Å²) in [5.74, 6) is -0.833. The van der Waals surface area contributed by atoms with Crippen LogP contribution < -0.4 is 0 Å². The fourth-order valence-electron chi connectivity index (χ4n) is 0. The van der Waals surface area contributed by atoms with Crippen LogP contribution in [0.5, 0.6) is 0 Å². The Morgan fingerprint density at radius 3 is 1.67 bits per heavy atom. The fourth-order valence-corrected chi connectivity index (χ4v) is 0. The minimum Gasteiger partial charge on any atom is 0 e. The van der Waals surface area contributed by atoms with Gasteiger partial charge in [0.05, 0.1) is 0 Å². The van der Waals surface area contributed by atoms with Crippen LogP contribution >= 0.6 is 0 Å². The molecule has 0 aliphatic rings. The molecule has 6 heavy (non-hydrogen) atoms. The van der Waals surface area contributed by atoms with E-state index >= 15 is 0 Å². The summed E-state index contributed by atoms with van der Waals surface area (Å²) in [7, 11) is 0. The summed E-state index contributed by atoms with van der Waals surface area (Å²) in [6, 6.07) is 0. The standard InChI is InChI=1S/C2H4O2.Ba.Pd.2H/c1-2(3)4;;;;/h1H3,(H,3,4);;;;. The van der Waals surface area contributed by atoms with E-state index in [2.05, 4.69) is 0 Å². The average Bonchev–Trinajstić information content (AvgIpc) is 0.811. The van der Waals surface area contributed by atoms with Crippen LogP contribution in [0.1, 0.15) is 6.92 Å². The zero-order valence-electron chi connectivity index (χ0n) is 2.67. The van der Waals surface area contributed by atoms with Crippen molar-refractivity contribution in [3.05, 3.63) is 0 Å². The largest absolute Gasteiger partial charge is 0 e. The molecule has 0 spiro atoms. The van der Waals surface area contributed by atoms with Crippen molar-refractivity contribution >= 4 is 54.9 Å². The van der Waals surface area contributed by atoms with Gasteiger partial charge in [-0.3, -0.25) is 4.79 Å². The molecule has 2 nitrogen and oxygen atoms in total. The Labute approximate surface area is 90.4 Å². The van der Waals surface area contributed by atoms with E-state index in [1.54, 1.807) is 0 Å². The Balaban J connectivity index is -0.0000000450. The molecule has 0 aromatic heterocycles. The number of aliphatic carboxylic acids is 1. The van der Waals surface area contributed by atoms with Crippen molar-refractivity contribution in [3.63, 3.8) is 0 Å². The van der Waals surface area contributed by atoms with E-state index in [9.17, 15) is 0 Å². The third-order valence-corrected chi connectivity index (χ3v) is 0. The second kappa shape index (κ2) is 9.86. The molecule has 0 unspecified atom stereocenters. The maximum Gasteiger partial charge on any atom is 0 e. The van der Waals surface area contributed by atoms with E-state index in [1.165, 1.54) is 0 Å². The molecule has 0 atom stereocenters. The summed E-state index contributed by atoms with van der Waals surface area (Å²) in [6.45, 7) is 1.08. The quantitative estimate of drug-likeness (QED) is 0.593. The molecule has 0 aromatic rings. The summed E-state index contributed by atoms with van der Waals surface area (Å²) in [4.78, 5) is 9.00. The van der Waals surface area contributed by atoms with E-state index in [1.807, 2.05) is 0 Å². The van der Waals surface area contributed by atoms with Crippen molar-refractivity contribution in [2.24, 2.45) is 0 Å². The van der Waals surface area contributed by atoms with Crippen molar-refractivity contribution in [3.8, 4) is 0 Å². The first-order valence-electron chi connectivity index (χ1n) is 0.928. The van der Waals surface area contributed by atoms with Crippen LogP contribution in [-0.2, 0) is 25.2 Å². The Kier molecular flexibility index (Phi) is 25.7. The number of rotatable bonds is 0. The van der Waals surface area contributed by atoms with Crippen molar-refractivity contribution in [1.29, 1.82) is 0 Å². The zero-order chi connectivity index (χ0) is 3.58. The summed E-state index contributed by atoms with van der Waals surface area (Å²) >= 11 is 0. The Morgan fingerprint density at radius 2 is 1.67 bits per heavy atom. The van der Waals surface area contributed by atoms with Crippen molar-refractivity contribution in [1.82, 2.24) is 0 Å². The van der Waals surface area contributed by atoms with Gasteiger partial charge in [0.2, 0.25) is 0 Å². The van der Waals surface area contributed by atoms with Gasteiger partial charge in [0, 0.05) is 27.3 Å². The van der Waals surface area contributed by atoms with Gasteiger partial charge in [-0.15, -0.1) is 0 Å². The molecule has 0 saturated heterocycles. The Hall–Kier alpha value is 1.70. The number of hydrogen-bond acceptors (Lipinski definition) is 1. The molecule has 0 aliphatic carbocycles. The van der Waals surface area contributed by atoms with E-state index in [-0.39, 0.29) is 69.3 Å². The third kappa shape index (κ3) is 43.5.